The molecule has 4 heteroatoms. The number of thiophene rings is 1. The van der Waals surface area contributed by atoms with Gasteiger partial charge in [-0.3, -0.25) is 4.79 Å². The molecule has 19 heavy (non-hydrogen) atoms. The Balaban J connectivity index is 2.02. The van der Waals surface area contributed by atoms with E-state index in [1.165, 1.54) is 23.4 Å². The number of halogens is 1. The van der Waals surface area contributed by atoms with Crippen molar-refractivity contribution in [2.45, 2.75) is 19.9 Å². The summed E-state index contributed by atoms with van der Waals surface area (Å²) in [6.07, 6.45) is 0.915. The van der Waals surface area contributed by atoms with E-state index >= 15 is 0 Å². The molecule has 0 spiro atoms. The number of ketones is 1. The van der Waals surface area contributed by atoms with Gasteiger partial charge in [-0.05, 0) is 42.5 Å². The first-order valence-electron chi connectivity index (χ1n) is 6.26. The lowest BCUT2D eigenvalue weighted by Gasteiger charge is -2.30. The Morgan fingerprint density at radius 3 is 3.00 bits per heavy atom. The molecule has 0 amide bonds. The largest absolute Gasteiger partial charge is 0.364 e. The highest BCUT2D eigenvalue weighted by molar-refractivity contribution is 7.10. The zero-order chi connectivity index (χ0) is 13.4. The highest BCUT2D eigenvalue weighted by Crippen LogP contribution is 2.31. The number of rotatable bonds is 2. The van der Waals surface area contributed by atoms with Gasteiger partial charge in [0, 0.05) is 23.5 Å². The molecular formula is C15H14FNOS. The highest BCUT2D eigenvalue weighted by Gasteiger charge is 2.23. The number of nitrogens with zero attached hydrogens (tertiary/aromatic N) is 1. The molecule has 0 unspecified atom stereocenters. The van der Waals surface area contributed by atoms with Crippen molar-refractivity contribution in [3.8, 4) is 0 Å². The minimum atomic E-state index is -0.314. The molecule has 0 atom stereocenters. The van der Waals surface area contributed by atoms with Crippen molar-refractivity contribution in [1.29, 1.82) is 0 Å². The van der Waals surface area contributed by atoms with E-state index in [9.17, 15) is 9.18 Å². The average Bonchev–Trinajstić information content (AvgIpc) is 2.85. The molecule has 0 aliphatic carbocycles. The molecule has 1 aromatic heterocycles. The quantitative estimate of drug-likeness (QED) is 0.780. The van der Waals surface area contributed by atoms with Gasteiger partial charge in [-0.15, -0.1) is 11.3 Å². The lowest BCUT2D eigenvalue weighted by atomic mass is 10.0. The molecule has 1 aromatic carbocycles. The van der Waals surface area contributed by atoms with Gasteiger partial charge in [-0.1, -0.05) is 6.07 Å². The SMILES string of the molecule is CC(=O)c1cccc(F)c1N1CCc2sccc2C1. The summed E-state index contributed by atoms with van der Waals surface area (Å²) < 4.78 is 14.1. The topological polar surface area (TPSA) is 20.3 Å². The maximum absolute atomic E-state index is 14.1. The van der Waals surface area contributed by atoms with Crippen LogP contribution in [0.5, 0.6) is 0 Å². The Morgan fingerprint density at radius 2 is 2.21 bits per heavy atom. The molecule has 2 aromatic rings. The number of carbonyl (C=O) groups is 1. The Bertz CT molecular complexity index is 635. The van der Waals surface area contributed by atoms with E-state index in [-0.39, 0.29) is 11.6 Å². The summed E-state index contributed by atoms with van der Waals surface area (Å²) >= 11 is 1.75. The second-order valence-electron chi connectivity index (χ2n) is 4.73. The Kier molecular flexibility index (Phi) is 3.11. The lowest BCUT2D eigenvalue weighted by Crippen LogP contribution is -2.31. The fourth-order valence-corrected chi connectivity index (χ4v) is 3.45. The van der Waals surface area contributed by atoms with E-state index in [4.69, 9.17) is 0 Å². The molecule has 0 saturated heterocycles. The molecule has 0 saturated carbocycles. The zero-order valence-electron chi connectivity index (χ0n) is 10.6. The van der Waals surface area contributed by atoms with Crippen LogP contribution in [0.3, 0.4) is 0 Å². The van der Waals surface area contributed by atoms with Gasteiger partial charge in [-0.2, -0.15) is 0 Å². The van der Waals surface area contributed by atoms with Gasteiger partial charge in [0.1, 0.15) is 5.82 Å². The zero-order valence-corrected chi connectivity index (χ0v) is 11.5. The van der Waals surface area contributed by atoms with E-state index in [2.05, 4.69) is 11.4 Å². The number of hydrogen-bond acceptors (Lipinski definition) is 3. The molecule has 2 nitrogen and oxygen atoms in total. The number of carbonyl (C=O) groups excluding carboxylic acids is 1. The minimum Gasteiger partial charge on any atom is -0.364 e. The maximum Gasteiger partial charge on any atom is 0.161 e. The second-order valence-corrected chi connectivity index (χ2v) is 5.73. The first-order chi connectivity index (χ1) is 9.16. The van der Waals surface area contributed by atoms with Crippen molar-refractivity contribution in [3.63, 3.8) is 0 Å². The van der Waals surface area contributed by atoms with Crippen molar-refractivity contribution in [3.05, 3.63) is 51.5 Å². The van der Waals surface area contributed by atoms with Gasteiger partial charge < -0.3 is 4.90 Å². The molecule has 0 N–H and O–H groups in total. The molecule has 0 fully saturated rings. The van der Waals surface area contributed by atoms with Crippen LogP contribution in [0.25, 0.3) is 0 Å². The molecule has 0 radical (unpaired) electrons. The summed E-state index contributed by atoms with van der Waals surface area (Å²) in [7, 11) is 0. The van der Waals surface area contributed by atoms with Crippen LogP contribution in [0.2, 0.25) is 0 Å². The van der Waals surface area contributed by atoms with Gasteiger partial charge in [-0.25, -0.2) is 4.39 Å². The molecule has 0 bridgehead atoms. The third-order valence-corrected chi connectivity index (χ3v) is 4.51. The average molecular weight is 275 g/mol. The molecule has 98 valence electrons. The predicted molar refractivity (Wildman–Crippen MR) is 75.5 cm³/mol. The summed E-state index contributed by atoms with van der Waals surface area (Å²) in [6.45, 7) is 2.92. The Morgan fingerprint density at radius 1 is 1.37 bits per heavy atom. The number of para-hydroxylation sites is 1. The normalized spacial score (nSPS) is 14.3. The molecular weight excluding hydrogens is 261 g/mol. The highest BCUT2D eigenvalue weighted by atomic mass is 32.1. The first-order valence-corrected chi connectivity index (χ1v) is 7.14. The van der Waals surface area contributed by atoms with Crippen LogP contribution in [0.15, 0.2) is 29.6 Å². The number of anilines is 1. The van der Waals surface area contributed by atoms with Crippen LogP contribution in [-0.2, 0) is 13.0 Å². The van der Waals surface area contributed by atoms with Gasteiger partial charge in [0.05, 0.1) is 5.69 Å². The van der Waals surface area contributed by atoms with Crippen LogP contribution in [0.4, 0.5) is 10.1 Å². The van der Waals surface area contributed by atoms with E-state index in [1.54, 1.807) is 23.5 Å². The number of Topliss-reactive ketones (excluding diaryl/α,β-unsaturated/α-hetero) is 1. The van der Waals surface area contributed by atoms with E-state index in [0.29, 0.717) is 17.8 Å². The monoisotopic (exact) mass is 275 g/mol. The molecule has 2 heterocycles. The summed E-state index contributed by atoms with van der Waals surface area (Å²) in [4.78, 5) is 15.0. The predicted octanol–water partition coefficient (Wildman–Crippen LogP) is 3.65. The summed E-state index contributed by atoms with van der Waals surface area (Å²) in [5.41, 5.74) is 2.17. The second kappa shape index (κ2) is 4.78. The first kappa shape index (κ1) is 12.4. The smallest absolute Gasteiger partial charge is 0.161 e. The van der Waals surface area contributed by atoms with Crippen LogP contribution in [0.1, 0.15) is 27.7 Å². The number of hydrogen-bond donors (Lipinski definition) is 0. The Hall–Kier alpha value is -1.68. The van der Waals surface area contributed by atoms with Crippen molar-refractivity contribution in [2.24, 2.45) is 0 Å². The molecule has 1 aliphatic heterocycles. The van der Waals surface area contributed by atoms with Gasteiger partial charge >= 0.3 is 0 Å². The number of fused-ring (bicyclic) bond motifs is 1. The van der Waals surface area contributed by atoms with Gasteiger partial charge in [0.2, 0.25) is 0 Å². The van der Waals surface area contributed by atoms with Crippen LogP contribution >= 0.6 is 11.3 Å². The summed E-state index contributed by atoms with van der Waals surface area (Å²) in [5.74, 6) is -0.406. The van der Waals surface area contributed by atoms with E-state index in [1.807, 2.05) is 4.90 Å². The van der Waals surface area contributed by atoms with Crippen LogP contribution < -0.4 is 4.90 Å². The summed E-state index contributed by atoms with van der Waals surface area (Å²) in [6, 6.07) is 6.80. The third kappa shape index (κ3) is 2.16. The fraction of sp³-hybridized carbons (Fsp3) is 0.267. The van der Waals surface area contributed by atoms with Crippen molar-refractivity contribution >= 4 is 22.8 Å². The van der Waals surface area contributed by atoms with Crippen molar-refractivity contribution in [2.75, 3.05) is 11.4 Å². The van der Waals surface area contributed by atoms with Gasteiger partial charge in [0.15, 0.2) is 5.78 Å². The summed E-state index contributed by atoms with van der Waals surface area (Å²) in [5, 5.41) is 2.07. The lowest BCUT2D eigenvalue weighted by molar-refractivity contribution is 0.101. The number of benzene rings is 1. The fourth-order valence-electron chi connectivity index (χ4n) is 2.56. The minimum absolute atomic E-state index is 0.0920. The molecule has 3 rings (SSSR count). The van der Waals surface area contributed by atoms with Crippen LogP contribution in [-0.4, -0.2) is 12.3 Å². The Labute approximate surface area is 115 Å². The van der Waals surface area contributed by atoms with Crippen molar-refractivity contribution in [1.82, 2.24) is 0 Å². The molecule has 1 aliphatic rings. The van der Waals surface area contributed by atoms with Crippen LogP contribution in [0, 0.1) is 5.82 Å². The maximum atomic E-state index is 14.1. The van der Waals surface area contributed by atoms with E-state index in [0.717, 1.165) is 13.0 Å². The van der Waals surface area contributed by atoms with Gasteiger partial charge in [0.25, 0.3) is 0 Å². The third-order valence-electron chi connectivity index (χ3n) is 3.49. The van der Waals surface area contributed by atoms with E-state index < -0.39 is 0 Å². The van der Waals surface area contributed by atoms with Crippen molar-refractivity contribution < 1.29 is 9.18 Å². The standard InChI is InChI=1S/C15H14FNOS/c1-10(18)12-3-2-4-13(16)15(12)17-7-5-14-11(9-17)6-8-19-14/h2-4,6,8H,5,7,9H2,1H3.